The van der Waals surface area contributed by atoms with E-state index in [2.05, 4.69) is 6.04 Å². The Morgan fingerprint density at radius 3 is 2.35 bits per heavy atom. The quantitative estimate of drug-likeness (QED) is 0.188. The van der Waals surface area contributed by atoms with E-state index in [1.54, 1.807) is 0 Å². The van der Waals surface area contributed by atoms with E-state index in [4.69, 9.17) is 27.5 Å². The van der Waals surface area contributed by atoms with Gasteiger partial charge in [0.1, 0.15) is 32.2 Å². The Morgan fingerprint density at radius 2 is 1.70 bits per heavy atom. The number of benzene rings is 2. The fraction of sp³-hybridized carbons (Fsp3) is 0.240. The molecule has 0 saturated carbocycles. The van der Waals surface area contributed by atoms with Gasteiger partial charge in [0.2, 0.25) is 15.9 Å². The third-order valence-electron chi connectivity index (χ3n) is 6.47. The largest absolute Gasteiger partial charge is 0.747 e. The third-order valence-corrected chi connectivity index (χ3v) is 9.75. The maximum absolute atomic E-state index is 13.3. The number of sulfonamides is 1. The minimum atomic E-state index is -4.91. The molecule has 0 aliphatic carbocycles. The maximum atomic E-state index is 13.3. The zero-order valence-electron chi connectivity index (χ0n) is 22.0. The first-order chi connectivity index (χ1) is 20.2. The highest BCUT2D eigenvalue weighted by Crippen LogP contribution is 2.40. The molecule has 0 amide bonds. The van der Waals surface area contributed by atoms with Crippen molar-refractivity contribution in [3.8, 4) is 18.2 Å². The number of hydrogen-bond donors (Lipinski definition) is 0. The second kappa shape index (κ2) is 11.6. The van der Waals surface area contributed by atoms with Crippen LogP contribution in [0.2, 0.25) is 5.02 Å². The Labute approximate surface area is 252 Å². The van der Waals surface area contributed by atoms with Gasteiger partial charge in [0.15, 0.2) is 22.7 Å². The van der Waals surface area contributed by atoms with Crippen LogP contribution in [-0.2, 0) is 40.9 Å². The lowest BCUT2D eigenvalue weighted by Crippen LogP contribution is -2.40. The fourth-order valence-electron chi connectivity index (χ4n) is 4.67. The molecular weight excluding hydrogens is 648 g/mol. The number of fused-ring (bicyclic) bond motifs is 2. The van der Waals surface area contributed by atoms with Gasteiger partial charge in [-0.3, -0.25) is 4.90 Å². The molecule has 3 heterocycles. The van der Waals surface area contributed by atoms with Gasteiger partial charge in [-0.25, -0.2) is 29.8 Å². The van der Waals surface area contributed by atoms with Crippen LogP contribution in [0.5, 0.6) is 5.75 Å². The van der Waals surface area contributed by atoms with Gasteiger partial charge >= 0.3 is 0 Å². The summed E-state index contributed by atoms with van der Waals surface area (Å²) in [7, 11) is -13.7. The van der Waals surface area contributed by atoms with E-state index in [-0.39, 0.29) is 70.4 Å². The summed E-state index contributed by atoms with van der Waals surface area (Å²) in [6, 6.07) is 10.7. The average Bonchev–Trinajstić information content (AvgIpc) is 3.41. The molecule has 1 saturated heterocycles. The van der Waals surface area contributed by atoms with Crippen molar-refractivity contribution in [2.24, 2.45) is 0 Å². The van der Waals surface area contributed by atoms with Crippen molar-refractivity contribution >= 4 is 64.7 Å². The highest BCUT2D eigenvalue weighted by atomic mass is 35.5. The maximum Gasteiger partial charge on any atom is 0.296 e. The number of hydrogen-bond acceptors (Lipinski definition) is 11. The summed E-state index contributed by atoms with van der Waals surface area (Å²) >= 11 is 6.03. The number of halogens is 1. The van der Waals surface area contributed by atoms with Crippen LogP contribution in [0.3, 0.4) is 0 Å². The molecule has 2 aromatic carbocycles. The lowest BCUT2D eigenvalue weighted by atomic mass is 10.3. The van der Waals surface area contributed by atoms with Crippen molar-refractivity contribution in [3.05, 3.63) is 65.3 Å². The molecule has 0 bridgehead atoms. The first-order valence-electron chi connectivity index (χ1n) is 12.3. The Kier molecular flexibility index (Phi) is 8.32. The van der Waals surface area contributed by atoms with Crippen LogP contribution in [-0.4, -0.2) is 75.4 Å². The molecule has 43 heavy (non-hydrogen) atoms. The molecule has 228 valence electrons. The second-order valence-electron chi connectivity index (χ2n) is 9.30. The summed E-state index contributed by atoms with van der Waals surface area (Å²) in [5, 5.41) is 0.265. The molecule has 0 spiro atoms. The minimum Gasteiger partial charge on any atom is -0.747 e. The Hall–Kier alpha value is -3.47. The monoisotopic (exact) mass is 669 g/mol. The molecule has 5 rings (SSSR count). The summed E-state index contributed by atoms with van der Waals surface area (Å²) in [5.41, 5.74) is 0.515. The van der Waals surface area contributed by atoms with Crippen LogP contribution in [0.15, 0.2) is 59.3 Å². The van der Waals surface area contributed by atoms with E-state index in [9.17, 15) is 34.4 Å². The SMILES string of the molecule is C#C[n+]1c(C=CC=C2Oc3ccc(Cl)cc3N2CS(=O)(=O)[O-])n(CS(=O)(=O)[O-])c2cc(S(=O)(=O)N3CCOCC3)ccc21. The first kappa shape index (κ1) is 31.0. The number of rotatable bonds is 8. The van der Waals surface area contributed by atoms with Crippen LogP contribution in [0, 0.1) is 12.5 Å². The van der Waals surface area contributed by atoms with Gasteiger partial charge in [0, 0.05) is 30.3 Å². The van der Waals surface area contributed by atoms with Crippen LogP contribution < -0.4 is 14.2 Å². The van der Waals surface area contributed by atoms with Crippen LogP contribution in [0.4, 0.5) is 5.69 Å². The van der Waals surface area contributed by atoms with Crippen molar-refractivity contribution < 1.29 is 48.4 Å². The summed E-state index contributed by atoms with van der Waals surface area (Å²) in [5.74, 6) is -1.91. The molecule has 0 N–H and O–H groups in total. The number of aromatic nitrogens is 2. The molecule has 14 nitrogen and oxygen atoms in total. The van der Waals surface area contributed by atoms with Gasteiger partial charge in [-0.15, -0.1) is 4.57 Å². The zero-order valence-corrected chi connectivity index (χ0v) is 25.2. The second-order valence-corrected chi connectivity index (χ2v) is 14.4. The molecule has 2 aliphatic rings. The molecule has 1 fully saturated rings. The van der Waals surface area contributed by atoms with Crippen LogP contribution in [0.25, 0.3) is 17.1 Å². The van der Waals surface area contributed by atoms with Crippen molar-refractivity contribution in [3.63, 3.8) is 0 Å². The molecular formula is C25H22ClN4O10S3-. The van der Waals surface area contributed by atoms with E-state index in [0.717, 1.165) is 9.47 Å². The van der Waals surface area contributed by atoms with E-state index in [1.165, 1.54) is 63.5 Å². The number of anilines is 1. The molecule has 2 aliphatic heterocycles. The molecule has 0 radical (unpaired) electrons. The van der Waals surface area contributed by atoms with Crippen LogP contribution >= 0.6 is 11.6 Å². The summed E-state index contributed by atoms with van der Waals surface area (Å²) < 4.78 is 111. The molecule has 3 aromatic rings. The number of imidazole rings is 1. The average molecular weight is 670 g/mol. The van der Waals surface area contributed by atoms with E-state index >= 15 is 0 Å². The zero-order chi connectivity index (χ0) is 31.2. The summed E-state index contributed by atoms with van der Waals surface area (Å²) in [6.45, 7) is 0.694. The first-order valence-corrected chi connectivity index (χ1v) is 17.3. The number of ether oxygens (including phenoxy) is 2. The Morgan fingerprint density at radius 1 is 1.00 bits per heavy atom. The van der Waals surface area contributed by atoms with Gasteiger partial charge in [0.05, 0.1) is 23.8 Å². The van der Waals surface area contributed by atoms with Crippen molar-refractivity contribution in [1.82, 2.24) is 8.87 Å². The molecule has 18 heteroatoms. The van der Waals surface area contributed by atoms with Gasteiger partial charge < -0.3 is 18.6 Å². The van der Waals surface area contributed by atoms with E-state index < -0.39 is 42.0 Å². The predicted molar refractivity (Wildman–Crippen MR) is 152 cm³/mol. The predicted octanol–water partition coefficient (Wildman–Crippen LogP) is 0.801. The van der Waals surface area contributed by atoms with Gasteiger partial charge in [-0.2, -0.15) is 4.31 Å². The smallest absolute Gasteiger partial charge is 0.296 e. The fourth-order valence-corrected chi connectivity index (χ4v) is 7.44. The van der Waals surface area contributed by atoms with Gasteiger partial charge in [-0.05, 0) is 42.5 Å². The summed E-state index contributed by atoms with van der Waals surface area (Å²) in [6.07, 6.45) is 9.67. The van der Waals surface area contributed by atoms with Crippen molar-refractivity contribution in [2.45, 2.75) is 10.8 Å². The normalized spacial score (nSPS) is 17.4. The lowest BCUT2D eigenvalue weighted by Gasteiger charge is -2.25. The minimum absolute atomic E-state index is 0.00347. The highest BCUT2D eigenvalue weighted by molar-refractivity contribution is 7.89. The van der Waals surface area contributed by atoms with Crippen LogP contribution in [0.1, 0.15) is 5.82 Å². The standard InChI is InChI=1S/C25H23ClN4O10S3/c1-2-28-20-8-7-19(43(37,38)27-10-12-39-13-11-27)15-21(20)29(16-41(31,32)33)24(28)4-3-5-25-30(17-42(34,35)36)22-14-18(26)6-9-23(22)40-25/h1,3-9,14-15H,10-13,16-17H2,(H-,31,32,33,34,35,36)/p-1. The Bertz CT molecular complexity index is 2040. The third kappa shape index (κ3) is 6.56. The van der Waals surface area contributed by atoms with E-state index in [1.807, 2.05) is 0 Å². The lowest BCUT2D eigenvalue weighted by molar-refractivity contribution is -0.557. The van der Waals surface area contributed by atoms with Gasteiger partial charge in [-0.1, -0.05) is 18.0 Å². The molecule has 1 aromatic heterocycles. The number of allylic oxidation sites excluding steroid dienone is 2. The van der Waals surface area contributed by atoms with Gasteiger partial charge in [0.25, 0.3) is 5.82 Å². The topological polar surface area (TPSA) is 182 Å². The number of nitrogens with zero attached hydrogens (tertiary/aromatic N) is 4. The number of terminal acetylenes is 1. The molecule has 0 unspecified atom stereocenters. The Balaban J connectivity index is 1.61. The number of morpholine rings is 1. The summed E-state index contributed by atoms with van der Waals surface area (Å²) in [4.78, 5) is 0.944. The van der Waals surface area contributed by atoms with Crippen molar-refractivity contribution in [1.29, 1.82) is 0 Å². The highest BCUT2D eigenvalue weighted by Gasteiger charge is 2.31. The van der Waals surface area contributed by atoms with Crippen molar-refractivity contribution in [2.75, 3.05) is 37.1 Å². The molecule has 0 atom stereocenters. The van der Waals surface area contributed by atoms with E-state index in [0.29, 0.717) is 0 Å².